The van der Waals surface area contributed by atoms with Crippen molar-refractivity contribution in [1.29, 1.82) is 0 Å². The minimum absolute atomic E-state index is 0.0767. The van der Waals surface area contributed by atoms with Crippen LogP contribution in [0.25, 0.3) is 0 Å². The van der Waals surface area contributed by atoms with Crippen LogP contribution in [0.15, 0.2) is 12.7 Å². The first-order valence-electron chi connectivity index (χ1n) is 2.13. The van der Waals surface area contributed by atoms with Gasteiger partial charge in [0.05, 0.1) is 6.42 Å². The third-order valence-corrected chi connectivity index (χ3v) is 0.636. The van der Waals surface area contributed by atoms with Crippen molar-refractivity contribution in [1.82, 2.24) is 0 Å². The van der Waals surface area contributed by atoms with Crippen molar-refractivity contribution in [3.63, 3.8) is 0 Å². The number of carbonyl (C=O) groups excluding carboxylic acids is 1. The first kappa shape index (κ1) is 7.50. The molecule has 0 aliphatic carbocycles. The Bertz CT molecular complexity index is 90.4. The molecular weight excluding hydrogens is 128 g/mol. The standard InChI is InChI=1S/C5H7ClO2/c1-2-3-5(7)8-4-6/h2H,1,3-4H2. The van der Waals surface area contributed by atoms with E-state index in [0.717, 1.165) is 0 Å². The van der Waals surface area contributed by atoms with Crippen LogP contribution in [-0.2, 0) is 9.53 Å². The smallest absolute Gasteiger partial charge is 0.310 e. The Morgan fingerprint density at radius 1 is 1.88 bits per heavy atom. The van der Waals surface area contributed by atoms with Crippen LogP contribution >= 0.6 is 11.6 Å². The highest BCUT2D eigenvalue weighted by Crippen LogP contribution is 1.87. The molecule has 0 rings (SSSR count). The number of esters is 1. The number of hydrogen-bond donors (Lipinski definition) is 0. The van der Waals surface area contributed by atoms with Crippen LogP contribution in [0, 0.1) is 0 Å². The first-order chi connectivity index (χ1) is 3.81. The topological polar surface area (TPSA) is 26.3 Å². The fourth-order valence-electron chi connectivity index (χ4n) is 0.238. The van der Waals surface area contributed by atoms with E-state index < -0.39 is 0 Å². The molecule has 46 valence electrons. The normalized spacial score (nSPS) is 8.12. The van der Waals surface area contributed by atoms with E-state index in [1.54, 1.807) is 0 Å². The Labute approximate surface area is 53.1 Å². The molecule has 0 N–H and O–H groups in total. The summed E-state index contributed by atoms with van der Waals surface area (Å²) in [7, 11) is 0. The van der Waals surface area contributed by atoms with Gasteiger partial charge in [-0.25, -0.2) is 0 Å². The summed E-state index contributed by atoms with van der Waals surface area (Å²) in [6.45, 7) is 3.34. The van der Waals surface area contributed by atoms with Crippen molar-refractivity contribution in [2.24, 2.45) is 0 Å². The molecule has 0 aliphatic rings. The Morgan fingerprint density at radius 3 is 2.88 bits per heavy atom. The summed E-state index contributed by atoms with van der Waals surface area (Å²) in [6.07, 6.45) is 1.70. The van der Waals surface area contributed by atoms with E-state index in [2.05, 4.69) is 11.3 Å². The lowest BCUT2D eigenvalue weighted by molar-refractivity contribution is -0.140. The Balaban J connectivity index is 3.18. The highest BCUT2D eigenvalue weighted by atomic mass is 35.5. The third-order valence-electron chi connectivity index (χ3n) is 0.527. The van der Waals surface area contributed by atoms with Gasteiger partial charge in [-0.2, -0.15) is 0 Å². The van der Waals surface area contributed by atoms with Gasteiger partial charge in [-0.05, 0) is 0 Å². The fourth-order valence-corrected chi connectivity index (χ4v) is 0.359. The predicted octanol–water partition coefficient (Wildman–Crippen LogP) is 1.30. The maximum Gasteiger partial charge on any atom is 0.310 e. The fraction of sp³-hybridized carbons (Fsp3) is 0.400. The zero-order valence-corrected chi connectivity index (χ0v) is 5.15. The summed E-state index contributed by atoms with van der Waals surface area (Å²) in [5.41, 5.74) is 0. The van der Waals surface area contributed by atoms with Crippen molar-refractivity contribution in [2.45, 2.75) is 6.42 Å². The summed E-state index contributed by atoms with van der Waals surface area (Å²) in [5, 5.41) is 0. The van der Waals surface area contributed by atoms with E-state index >= 15 is 0 Å². The molecule has 0 aromatic carbocycles. The number of carbonyl (C=O) groups is 1. The molecule has 0 aliphatic heterocycles. The molecule has 3 heteroatoms. The summed E-state index contributed by atoms with van der Waals surface area (Å²) in [4.78, 5) is 10.3. The molecule has 2 nitrogen and oxygen atoms in total. The Hall–Kier alpha value is -0.500. The second-order valence-electron chi connectivity index (χ2n) is 1.12. The van der Waals surface area contributed by atoms with Crippen molar-refractivity contribution >= 4 is 17.6 Å². The Kier molecular flexibility index (Phi) is 4.36. The quantitative estimate of drug-likeness (QED) is 0.331. The van der Waals surface area contributed by atoms with Gasteiger partial charge >= 0.3 is 5.97 Å². The van der Waals surface area contributed by atoms with E-state index in [1.165, 1.54) is 6.08 Å². The molecule has 0 unspecified atom stereocenters. The van der Waals surface area contributed by atoms with E-state index in [4.69, 9.17) is 11.6 Å². The van der Waals surface area contributed by atoms with Crippen LogP contribution in [0.4, 0.5) is 0 Å². The summed E-state index contributed by atoms with van der Waals surface area (Å²) in [5.74, 6) is -0.338. The van der Waals surface area contributed by atoms with Gasteiger partial charge < -0.3 is 4.74 Å². The highest BCUT2D eigenvalue weighted by molar-refractivity contribution is 6.17. The van der Waals surface area contributed by atoms with Crippen LogP contribution in [0.2, 0.25) is 0 Å². The van der Waals surface area contributed by atoms with Gasteiger partial charge in [-0.3, -0.25) is 4.79 Å². The van der Waals surface area contributed by atoms with Gasteiger partial charge in [-0.1, -0.05) is 17.7 Å². The maximum atomic E-state index is 10.3. The lowest BCUT2D eigenvalue weighted by Gasteiger charge is -1.93. The summed E-state index contributed by atoms with van der Waals surface area (Å²) >= 11 is 5.05. The lowest BCUT2D eigenvalue weighted by atomic mass is 10.4. The van der Waals surface area contributed by atoms with Crippen LogP contribution in [-0.4, -0.2) is 12.0 Å². The van der Waals surface area contributed by atoms with E-state index in [-0.39, 0.29) is 18.5 Å². The Morgan fingerprint density at radius 2 is 2.50 bits per heavy atom. The minimum atomic E-state index is -0.338. The van der Waals surface area contributed by atoms with Gasteiger partial charge in [0, 0.05) is 0 Å². The molecule has 0 spiro atoms. The predicted molar refractivity (Wildman–Crippen MR) is 31.6 cm³/mol. The van der Waals surface area contributed by atoms with Crippen LogP contribution in [0.1, 0.15) is 6.42 Å². The van der Waals surface area contributed by atoms with Gasteiger partial charge in [0.1, 0.15) is 0 Å². The average Bonchev–Trinajstić information content (AvgIpc) is 1.68. The highest BCUT2D eigenvalue weighted by Gasteiger charge is 1.94. The van der Waals surface area contributed by atoms with Crippen molar-refractivity contribution < 1.29 is 9.53 Å². The molecule has 0 saturated carbocycles. The molecule has 0 aromatic heterocycles. The first-order valence-corrected chi connectivity index (χ1v) is 2.67. The summed E-state index contributed by atoms with van der Waals surface area (Å²) < 4.78 is 4.34. The molecule has 8 heavy (non-hydrogen) atoms. The molecule has 0 fully saturated rings. The average molecular weight is 135 g/mol. The van der Waals surface area contributed by atoms with Gasteiger partial charge in [0.15, 0.2) is 6.07 Å². The number of hydrogen-bond acceptors (Lipinski definition) is 2. The van der Waals surface area contributed by atoms with Crippen LogP contribution in [0.3, 0.4) is 0 Å². The molecule has 0 heterocycles. The monoisotopic (exact) mass is 134 g/mol. The zero-order valence-electron chi connectivity index (χ0n) is 4.39. The summed E-state index contributed by atoms with van der Waals surface area (Å²) in [6, 6.07) is -0.0767. The molecular formula is C5H7ClO2. The zero-order chi connectivity index (χ0) is 6.41. The largest absolute Gasteiger partial charge is 0.449 e. The van der Waals surface area contributed by atoms with E-state index in [0.29, 0.717) is 0 Å². The van der Waals surface area contributed by atoms with Crippen LogP contribution < -0.4 is 0 Å². The van der Waals surface area contributed by atoms with Crippen molar-refractivity contribution in [3.8, 4) is 0 Å². The molecule has 0 aromatic rings. The third kappa shape index (κ3) is 3.68. The lowest BCUT2D eigenvalue weighted by Crippen LogP contribution is -1.99. The molecule has 0 amide bonds. The van der Waals surface area contributed by atoms with Crippen molar-refractivity contribution in [2.75, 3.05) is 6.07 Å². The molecule has 0 saturated heterocycles. The number of ether oxygens (including phenoxy) is 1. The number of halogens is 1. The van der Waals surface area contributed by atoms with Crippen LogP contribution in [0.5, 0.6) is 0 Å². The molecule has 0 bridgehead atoms. The van der Waals surface area contributed by atoms with Gasteiger partial charge in [0.2, 0.25) is 0 Å². The minimum Gasteiger partial charge on any atom is -0.449 e. The van der Waals surface area contributed by atoms with E-state index in [1.807, 2.05) is 0 Å². The number of alkyl halides is 1. The molecule has 0 atom stereocenters. The van der Waals surface area contributed by atoms with Gasteiger partial charge in [0.25, 0.3) is 0 Å². The van der Waals surface area contributed by atoms with Gasteiger partial charge in [-0.15, -0.1) is 6.58 Å². The SMILES string of the molecule is C=CCC(=O)OCCl. The second-order valence-corrected chi connectivity index (χ2v) is 1.34. The number of rotatable bonds is 3. The van der Waals surface area contributed by atoms with Crippen molar-refractivity contribution in [3.05, 3.63) is 12.7 Å². The molecule has 0 radical (unpaired) electrons. The maximum absolute atomic E-state index is 10.3. The second kappa shape index (κ2) is 4.65. The van der Waals surface area contributed by atoms with E-state index in [9.17, 15) is 4.79 Å².